The number of benzene rings is 1. The van der Waals surface area contributed by atoms with Crippen LogP contribution in [-0.4, -0.2) is 24.8 Å². The lowest BCUT2D eigenvalue weighted by atomic mass is 9.62. The molecule has 1 aliphatic carbocycles. The molecule has 1 saturated carbocycles. The minimum Gasteiger partial charge on any atom is -0.470 e. The van der Waals surface area contributed by atoms with Crippen LogP contribution in [0.25, 0.3) is 0 Å². The lowest BCUT2D eigenvalue weighted by molar-refractivity contribution is -0.119. The Morgan fingerprint density at radius 3 is 2.25 bits per heavy atom. The Kier molecular flexibility index (Phi) is 7.58. The standard InChI is InChI=1S/C26H42N2O4/c1-23(2,3)15-25(6,7)18-9-11-19(12-10-18)31-21(28-17-29)26(8)14-20(32-22(27)30)13-24(4,5)16-26/h9-12,17,20-21H,13-16H2,1-8H3,(H2,27,30)(H,28,29). The van der Waals surface area contributed by atoms with E-state index in [9.17, 15) is 9.59 Å². The number of amides is 2. The zero-order valence-corrected chi connectivity index (χ0v) is 21.1. The van der Waals surface area contributed by atoms with Crippen molar-refractivity contribution in [2.75, 3.05) is 0 Å². The quantitative estimate of drug-likeness (QED) is 0.406. The molecule has 0 aromatic heterocycles. The Labute approximate surface area is 193 Å². The minimum absolute atomic E-state index is 0.0376. The number of primary amides is 1. The highest BCUT2D eigenvalue weighted by Gasteiger charge is 2.48. The molecule has 0 heterocycles. The van der Waals surface area contributed by atoms with Gasteiger partial charge in [-0.1, -0.05) is 67.5 Å². The monoisotopic (exact) mass is 446 g/mol. The van der Waals surface area contributed by atoms with Gasteiger partial charge in [-0.25, -0.2) is 4.79 Å². The van der Waals surface area contributed by atoms with Gasteiger partial charge in [0.25, 0.3) is 0 Å². The second-order valence-corrected chi connectivity index (χ2v) is 12.4. The summed E-state index contributed by atoms with van der Waals surface area (Å²) >= 11 is 0. The summed E-state index contributed by atoms with van der Waals surface area (Å²) in [5, 5.41) is 2.85. The fraction of sp³-hybridized carbons (Fsp3) is 0.692. The summed E-state index contributed by atoms with van der Waals surface area (Å²) in [4.78, 5) is 22.8. The second kappa shape index (κ2) is 9.32. The van der Waals surface area contributed by atoms with Crippen LogP contribution in [-0.2, 0) is 14.9 Å². The zero-order valence-electron chi connectivity index (χ0n) is 21.1. The van der Waals surface area contributed by atoms with Gasteiger partial charge in [0.1, 0.15) is 11.9 Å². The van der Waals surface area contributed by atoms with Gasteiger partial charge in [0.2, 0.25) is 6.41 Å². The Morgan fingerprint density at radius 2 is 1.75 bits per heavy atom. The SMILES string of the molecule is CC(C)(C)CC(C)(C)c1ccc(OC(NC=O)C2(C)CC(OC(N)=O)CC(C)(C)C2)cc1. The summed E-state index contributed by atoms with van der Waals surface area (Å²) in [5.41, 5.74) is 6.26. The highest BCUT2D eigenvalue weighted by molar-refractivity contribution is 5.64. The van der Waals surface area contributed by atoms with Crippen molar-refractivity contribution < 1.29 is 19.1 Å². The molecule has 1 fully saturated rings. The van der Waals surface area contributed by atoms with Crippen LogP contribution in [0.15, 0.2) is 24.3 Å². The third kappa shape index (κ3) is 7.14. The fourth-order valence-corrected chi connectivity index (χ4v) is 5.88. The first-order valence-electron chi connectivity index (χ1n) is 11.5. The molecule has 0 radical (unpaired) electrons. The van der Waals surface area contributed by atoms with Crippen LogP contribution in [0.3, 0.4) is 0 Å². The largest absolute Gasteiger partial charge is 0.470 e. The molecule has 1 aromatic carbocycles. The topological polar surface area (TPSA) is 90.7 Å². The molecule has 0 saturated heterocycles. The first-order chi connectivity index (χ1) is 14.6. The van der Waals surface area contributed by atoms with E-state index in [2.05, 4.69) is 72.8 Å². The van der Waals surface area contributed by atoms with E-state index in [0.717, 1.165) is 19.3 Å². The van der Waals surface area contributed by atoms with Gasteiger partial charge in [-0.3, -0.25) is 4.79 Å². The summed E-state index contributed by atoms with van der Waals surface area (Å²) in [6, 6.07) is 8.14. The molecule has 2 amide bonds. The molecule has 32 heavy (non-hydrogen) atoms. The van der Waals surface area contributed by atoms with E-state index in [1.54, 1.807) is 0 Å². The molecule has 0 bridgehead atoms. The van der Waals surface area contributed by atoms with Crippen molar-refractivity contribution in [2.24, 2.45) is 22.0 Å². The number of hydrogen-bond donors (Lipinski definition) is 2. The molecular weight excluding hydrogens is 404 g/mol. The molecule has 1 aromatic rings. The molecule has 3 atom stereocenters. The van der Waals surface area contributed by atoms with Crippen LogP contribution in [0.4, 0.5) is 4.79 Å². The average Bonchev–Trinajstić information content (AvgIpc) is 2.57. The fourth-order valence-electron chi connectivity index (χ4n) is 5.88. The molecule has 3 unspecified atom stereocenters. The number of carbonyl (C=O) groups excluding carboxylic acids is 2. The zero-order chi connectivity index (χ0) is 24.4. The molecule has 2 rings (SSSR count). The van der Waals surface area contributed by atoms with Gasteiger partial charge in [-0.2, -0.15) is 0 Å². The van der Waals surface area contributed by atoms with Gasteiger partial charge in [0.05, 0.1) is 0 Å². The van der Waals surface area contributed by atoms with E-state index in [1.807, 2.05) is 12.1 Å². The number of carbonyl (C=O) groups is 2. The average molecular weight is 447 g/mol. The summed E-state index contributed by atoms with van der Waals surface area (Å²) in [6.07, 6.45) is 2.16. The predicted molar refractivity (Wildman–Crippen MR) is 127 cm³/mol. The van der Waals surface area contributed by atoms with Gasteiger partial charge >= 0.3 is 6.09 Å². The number of hydrogen-bond acceptors (Lipinski definition) is 4. The van der Waals surface area contributed by atoms with Crippen molar-refractivity contribution >= 4 is 12.5 Å². The second-order valence-electron chi connectivity index (χ2n) is 12.4. The van der Waals surface area contributed by atoms with Crippen LogP contribution >= 0.6 is 0 Å². The van der Waals surface area contributed by atoms with Crippen LogP contribution in [0, 0.1) is 16.2 Å². The first kappa shape index (κ1) is 26.0. The van der Waals surface area contributed by atoms with Crippen molar-refractivity contribution in [1.82, 2.24) is 5.32 Å². The predicted octanol–water partition coefficient (Wildman–Crippen LogP) is 5.53. The van der Waals surface area contributed by atoms with E-state index < -0.39 is 17.7 Å². The smallest absolute Gasteiger partial charge is 0.404 e. The number of nitrogens with one attached hydrogen (secondary N) is 1. The molecule has 6 nitrogen and oxygen atoms in total. The van der Waals surface area contributed by atoms with Gasteiger partial charge in [0, 0.05) is 5.41 Å². The van der Waals surface area contributed by atoms with Crippen LogP contribution in [0.2, 0.25) is 0 Å². The maximum Gasteiger partial charge on any atom is 0.404 e. The van der Waals surface area contributed by atoms with Crippen molar-refractivity contribution in [1.29, 1.82) is 0 Å². The third-order valence-corrected chi connectivity index (χ3v) is 6.35. The van der Waals surface area contributed by atoms with E-state index in [0.29, 0.717) is 18.6 Å². The van der Waals surface area contributed by atoms with Crippen LogP contribution in [0.5, 0.6) is 5.75 Å². The molecule has 1 aliphatic rings. The molecule has 0 spiro atoms. The summed E-state index contributed by atoms with van der Waals surface area (Å²) in [6.45, 7) is 17.6. The molecule has 180 valence electrons. The third-order valence-electron chi connectivity index (χ3n) is 6.35. The molecule has 6 heteroatoms. The number of ether oxygens (including phenoxy) is 2. The van der Waals surface area contributed by atoms with Crippen molar-refractivity contribution in [3.05, 3.63) is 29.8 Å². The van der Waals surface area contributed by atoms with Gasteiger partial charge in [0.15, 0.2) is 6.23 Å². The Bertz CT molecular complexity index is 795. The number of nitrogens with two attached hydrogens (primary N) is 1. The maximum absolute atomic E-state index is 11.4. The van der Waals surface area contributed by atoms with Gasteiger partial charge in [-0.05, 0) is 59.6 Å². The molecule has 3 N–H and O–H groups in total. The van der Waals surface area contributed by atoms with Gasteiger partial charge < -0.3 is 20.5 Å². The normalized spacial score (nSPS) is 24.3. The maximum atomic E-state index is 11.4. The Hall–Kier alpha value is -2.24. The van der Waals surface area contributed by atoms with E-state index in [1.165, 1.54) is 5.56 Å². The number of rotatable bonds is 8. The first-order valence-corrected chi connectivity index (χ1v) is 11.5. The van der Waals surface area contributed by atoms with Gasteiger partial charge in [-0.15, -0.1) is 0 Å². The summed E-state index contributed by atoms with van der Waals surface area (Å²) in [5.74, 6) is 0.691. The summed E-state index contributed by atoms with van der Waals surface area (Å²) < 4.78 is 11.7. The Morgan fingerprint density at radius 1 is 1.16 bits per heavy atom. The minimum atomic E-state index is -0.774. The molecular formula is C26H42N2O4. The van der Waals surface area contributed by atoms with E-state index >= 15 is 0 Å². The highest BCUT2D eigenvalue weighted by atomic mass is 16.6. The lowest BCUT2D eigenvalue weighted by Crippen LogP contribution is -2.54. The summed E-state index contributed by atoms with van der Waals surface area (Å²) in [7, 11) is 0. The van der Waals surface area contributed by atoms with E-state index in [-0.39, 0.29) is 22.3 Å². The highest BCUT2D eigenvalue weighted by Crippen LogP contribution is 2.49. The molecule has 0 aliphatic heterocycles. The van der Waals surface area contributed by atoms with Crippen molar-refractivity contribution in [2.45, 2.75) is 98.8 Å². The van der Waals surface area contributed by atoms with Crippen molar-refractivity contribution in [3.8, 4) is 5.75 Å². The van der Waals surface area contributed by atoms with Crippen LogP contribution in [0.1, 0.15) is 86.6 Å². The van der Waals surface area contributed by atoms with E-state index in [4.69, 9.17) is 15.2 Å². The Balaban J connectivity index is 2.24. The van der Waals surface area contributed by atoms with Crippen LogP contribution < -0.4 is 15.8 Å². The lowest BCUT2D eigenvalue weighted by Gasteiger charge is -2.48. The van der Waals surface area contributed by atoms with Crippen molar-refractivity contribution in [3.63, 3.8) is 0 Å².